The molecule has 0 saturated heterocycles. The summed E-state index contributed by atoms with van der Waals surface area (Å²) in [6, 6.07) is 19.8. The van der Waals surface area contributed by atoms with Gasteiger partial charge in [0, 0.05) is 17.5 Å². The number of hydrogen-bond donors (Lipinski definition) is 0. The van der Waals surface area contributed by atoms with Gasteiger partial charge in [-0.2, -0.15) is 0 Å². The molecule has 3 aromatic carbocycles. The molecule has 3 aromatic rings. The number of nitrogens with zero attached hydrogens (tertiary/aromatic N) is 1. The average molecular weight is 265 g/mol. The van der Waals surface area contributed by atoms with Crippen molar-refractivity contribution in [1.29, 1.82) is 0 Å². The molecular weight excluding hydrogens is 254 g/mol. The number of non-ortho nitro benzene ring substituents is 1. The van der Waals surface area contributed by atoms with Gasteiger partial charge in [-0.3, -0.25) is 10.1 Å². The van der Waals surface area contributed by atoms with Crippen molar-refractivity contribution < 1.29 is 9.66 Å². The van der Waals surface area contributed by atoms with E-state index in [1.165, 1.54) is 12.1 Å². The lowest BCUT2D eigenvalue weighted by atomic mass is 10.1. The number of fused-ring (bicyclic) bond motifs is 1. The van der Waals surface area contributed by atoms with Gasteiger partial charge in [-0.15, -0.1) is 0 Å². The van der Waals surface area contributed by atoms with Crippen molar-refractivity contribution in [3.05, 3.63) is 76.8 Å². The van der Waals surface area contributed by atoms with Gasteiger partial charge in [-0.25, -0.2) is 0 Å². The summed E-state index contributed by atoms with van der Waals surface area (Å²) in [7, 11) is 0. The molecule has 0 N–H and O–H groups in total. The van der Waals surface area contributed by atoms with Crippen LogP contribution in [0.3, 0.4) is 0 Å². The minimum atomic E-state index is -0.429. The van der Waals surface area contributed by atoms with Gasteiger partial charge in [0.05, 0.1) is 4.92 Å². The van der Waals surface area contributed by atoms with Crippen molar-refractivity contribution >= 4 is 16.5 Å². The summed E-state index contributed by atoms with van der Waals surface area (Å²) in [6.45, 7) is 0. The summed E-state index contributed by atoms with van der Waals surface area (Å²) in [5, 5.41) is 12.7. The summed E-state index contributed by atoms with van der Waals surface area (Å²) < 4.78 is 5.80. The minimum Gasteiger partial charge on any atom is -0.457 e. The van der Waals surface area contributed by atoms with Gasteiger partial charge in [0.2, 0.25) is 0 Å². The van der Waals surface area contributed by atoms with Crippen LogP contribution in [0.1, 0.15) is 0 Å². The van der Waals surface area contributed by atoms with Crippen LogP contribution in [0.5, 0.6) is 11.5 Å². The van der Waals surface area contributed by atoms with Crippen molar-refractivity contribution in [2.45, 2.75) is 0 Å². The quantitative estimate of drug-likeness (QED) is 0.516. The third kappa shape index (κ3) is 2.31. The Hall–Kier alpha value is -2.88. The Morgan fingerprint density at radius 2 is 1.55 bits per heavy atom. The first-order chi connectivity index (χ1) is 9.74. The number of rotatable bonds is 3. The Bertz CT molecular complexity index is 761. The molecule has 0 aliphatic rings. The predicted molar refractivity (Wildman–Crippen MR) is 77.1 cm³/mol. The normalized spacial score (nSPS) is 10.4. The lowest BCUT2D eigenvalue weighted by molar-refractivity contribution is -0.384. The van der Waals surface area contributed by atoms with Crippen molar-refractivity contribution in [2.75, 3.05) is 0 Å². The maximum absolute atomic E-state index is 10.6. The highest BCUT2D eigenvalue weighted by Crippen LogP contribution is 2.30. The first-order valence-electron chi connectivity index (χ1n) is 6.14. The molecule has 0 atom stereocenters. The molecule has 0 bridgehead atoms. The van der Waals surface area contributed by atoms with E-state index in [9.17, 15) is 10.1 Å². The molecule has 0 heterocycles. The summed E-state index contributed by atoms with van der Waals surface area (Å²) >= 11 is 0. The summed E-state index contributed by atoms with van der Waals surface area (Å²) in [4.78, 5) is 10.2. The molecule has 0 aliphatic carbocycles. The maximum Gasteiger partial charge on any atom is 0.269 e. The molecule has 3 rings (SSSR count). The fourth-order valence-corrected chi connectivity index (χ4v) is 2.05. The second-order valence-electron chi connectivity index (χ2n) is 4.33. The van der Waals surface area contributed by atoms with Crippen LogP contribution < -0.4 is 4.74 Å². The smallest absolute Gasteiger partial charge is 0.269 e. The van der Waals surface area contributed by atoms with Crippen LogP contribution in [-0.4, -0.2) is 4.92 Å². The molecule has 0 saturated carbocycles. The van der Waals surface area contributed by atoms with Crippen molar-refractivity contribution in [3.63, 3.8) is 0 Å². The highest BCUT2D eigenvalue weighted by Gasteiger charge is 2.06. The molecule has 4 nitrogen and oxygen atoms in total. The van der Waals surface area contributed by atoms with Gasteiger partial charge in [0.15, 0.2) is 0 Å². The largest absolute Gasteiger partial charge is 0.457 e. The number of hydrogen-bond acceptors (Lipinski definition) is 3. The lowest BCUT2D eigenvalue weighted by Crippen LogP contribution is -1.89. The van der Waals surface area contributed by atoms with Crippen LogP contribution in [0.15, 0.2) is 66.7 Å². The van der Waals surface area contributed by atoms with Gasteiger partial charge in [0.25, 0.3) is 5.69 Å². The van der Waals surface area contributed by atoms with Gasteiger partial charge in [-0.1, -0.05) is 36.4 Å². The predicted octanol–water partition coefficient (Wildman–Crippen LogP) is 4.54. The number of ether oxygens (including phenoxy) is 1. The molecule has 4 heteroatoms. The van der Waals surface area contributed by atoms with Gasteiger partial charge < -0.3 is 4.74 Å². The van der Waals surface area contributed by atoms with E-state index in [-0.39, 0.29) is 5.69 Å². The minimum absolute atomic E-state index is 0.0512. The Kier molecular flexibility index (Phi) is 3.05. The van der Waals surface area contributed by atoms with Gasteiger partial charge >= 0.3 is 0 Å². The molecule has 0 fully saturated rings. The molecule has 20 heavy (non-hydrogen) atoms. The van der Waals surface area contributed by atoms with Crippen LogP contribution in [-0.2, 0) is 0 Å². The number of benzene rings is 3. The van der Waals surface area contributed by atoms with Crippen LogP contribution in [0.2, 0.25) is 0 Å². The second kappa shape index (κ2) is 5.01. The molecule has 0 aromatic heterocycles. The van der Waals surface area contributed by atoms with E-state index < -0.39 is 4.92 Å². The summed E-state index contributed by atoms with van der Waals surface area (Å²) in [6.07, 6.45) is 0. The Balaban J connectivity index is 1.95. The number of nitro benzene ring substituents is 1. The van der Waals surface area contributed by atoms with E-state index in [1.54, 1.807) is 12.1 Å². The molecule has 0 spiro atoms. The van der Waals surface area contributed by atoms with E-state index in [4.69, 9.17) is 4.74 Å². The van der Waals surface area contributed by atoms with Crippen molar-refractivity contribution in [2.24, 2.45) is 0 Å². The molecule has 0 aliphatic heterocycles. The zero-order valence-electron chi connectivity index (χ0n) is 10.5. The zero-order valence-corrected chi connectivity index (χ0v) is 10.5. The molecular formula is C16H11NO3. The molecule has 0 radical (unpaired) electrons. The van der Waals surface area contributed by atoms with Gasteiger partial charge in [-0.05, 0) is 23.6 Å². The van der Waals surface area contributed by atoms with Crippen LogP contribution in [0, 0.1) is 10.1 Å². The third-order valence-corrected chi connectivity index (χ3v) is 3.02. The highest BCUT2D eigenvalue weighted by molar-refractivity contribution is 5.88. The van der Waals surface area contributed by atoms with E-state index in [0.29, 0.717) is 5.75 Å². The fraction of sp³-hybridized carbons (Fsp3) is 0. The van der Waals surface area contributed by atoms with Crippen LogP contribution in [0.25, 0.3) is 10.8 Å². The zero-order chi connectivity index (χ0) is 13.9. The van der Waals surface area contributed by atoms with E-state index in [2.05, 4.69) is 0 Å². The Morgan fingerprint density at radius 3 is 2.30 bits per heavy atom. The Labute approximate surface area is 115 Å². The molecule has 0 amide bonds. The lowest BCUT2D eigenvalue weighted by Gasteiger charge is -2.08. The Morgan fingerprint density at radius 1 is 0.850 bits per heavy atom. The van der Waals surface area contributed by atoms with E-state index >= 15 is 0 Å². The highest BCUT2D eigenvalue weighted by atomic mass is 16.6. The molecule has 0 unspecified atom stereocenters. The second-order valence-corrected chi connectivity index (χ2v) is 4.33. The van der Waals surface area contributed by atoms with Crippen molar-refractivity contribution in [3.8, 4) is 11.5 Å². The fourth-order valence-electron chi connectivity index (χ4n) is 2.05. The third-order valence-electron chi connectivity index (χ3n) is 3.02. The summed E-state index contributed by atoms with van der Waals surface area (Å²) in [5.41, 5.74) is 0.0512. The maximum atomic E-state index is 10.6. The average Bonchev–Trinajstić information content (AvgIpc) is 2.48. The summed E-state index contributed by atoms with van der Waals surface area (Å²) in [5.74, 6) is 1.31. The van der Waals surface area contributed by atoms with Crippen molar-refractivity contribution in [1.82, 2.24) is 0 Å². The standard InChI is InChI=1S/C16H11NO3/c18-17(19)13-8-10-14(11-9-13)20-16-7-3-5-12-4-1-2-6-15(12)16/h1-11H. The first kappa shape index (κ1) is 12.2. The van der Waals surface area contributed by atoms with Gasteiger partial charge in [0.1, 0.15) is 11.5 Å². The molecule has 98 valence electrons. The number of nitro groups is 1. The van der Waals surface area contributed by atoms with E-state index in [1.807, 2.05) is 42.5 Å². The topological polar surface area (TPSA) is 52.4 Å². The van der Waals surface area contributed by atoms with Crippen LogP contribution >= 0.6 is 0 Å². The SMILES string of the molecule is O=[N+]([O-])c1ccc(Oc2cccc3ccccc23)cc1. The van der Waals surface area contributed by atoms with E-state index in [0.717, 1.165) is 16.5 Å². The van der Waals surface area contributed by atoms with Crippen LogP contribution in [0.4, 0.5) is 5.69 Å². The first-order valence-corrected chi connectivity index (χ1v) is 6.14. The monoisotopic (exact) mass is 265 g/mol.